The molecule has 1 aliphatic heterocycles. The Labute approximate surface area is 104 Å². The van der Waals surface area contributed by atoms with Crippen molar-refractivity contribution in [2.75, 3.05) is 20.1 Å². The zero-order valence-corrected chi connectivity index (χ0v) is 11.1. The van der Waals surface area contributed by atoms with E-state index in [-0.39, 0.29) is 12.4 Å². The minimum absolute atomic E-state index is 0. The third-order valence-electron chi connectivity index (χ3n) is 3.10. The van der Waals surface area contributed by atoms with Crippen molar-refractivity contribution < 1.29 is 0 Å². The molecule has 0 bridgehead atoms. The summed E-state index contributed by atoms with van der Waals surface area (Å²) in [6, 6.07) is 7.53. The van der Waals surface area contributed by atoms with E-state index < -0.39 is 0 Å². The van der Waals surface area contributed by atoms with Crippen LogP contribution in [0, 0.1) is 13.8 Å². The van der Waals surface area contributed by atoms with Crippen LogP contribution in [0.3, 0.4) is 0 Å². The van der Waals surface area contributed by atoms with E-state index in [1.807, 2.05) is 0 Å². The summed E-state index contributed by atoms with van der Waals surface area (Å²) >= 11 is 0. The summed E-state index contributed by atoms with van der Waals surface area (Å²) < 4.78 is 0. The maximum atomic E-state index is 3.31. The molecule has 1 N–H and O–H groups in total. The number of nitrogens with zero attached hydrogens (tertiary/aromatic N) is 1. The molecule has 0 amide bonds. The standard InChI is InChI=1S/C13H20N2.ClH/c1-10-4-11(2)6-12(5-10)9-15(3)13-7-14-8-13;/h4-6,13-14H,7-9H2,1-3H3;1H. The number of aryl methyl sites for hydroxylation is 2. The van der Waals surface area contributed by atoms with Crippen LogP contribution in [0.1, 0.15) is 16.7 Å². The Bertz CT molecular complexity index is 328. The Morgan fingerprint density at radius 1 is 1.19 bits per heavy atom. The first-order valence-corrected chi connectivity index (χ1v) is 5.63. The fraction of sp³-hybridized carbons (Fsp3) is 0.538. The molecule has 0 aromatic heterocycles. The number of benzene rings is 1. The van der Waals surface area contributed by atoms with Gasteiger partial charge in [0.25, 0.3) is 0 Å². The summed E-state index contributed by atoms with van der Waals surface area (Å²) in [5.74, 6) is 0. The minimum Gasteiger partial charge on any atom is -0.314 e. The second kappa shape index (κ2) is 5.67. The second-order valence-electron chi connectivity index (χ2n) is 4.72. The largest absolute Gasteiger partial charge is 0.314 e. The molecule has 1 aromatic rings. The molecular weight excluding hydrogens is 220 g/mol. The van der Waals surface area contributed by atoms with Crippen molar-refractivity contribution in [3.05, 3.63) is 34.9 Å². The van der Waals surface area contributed by atoms with Crippen LogP contribution >= 0.6 is 12.4 Å². The lowest BCUT2D eigenvalue weighted by Crippen LogP contribution is -2.55. The highest BCUT2D eigenvalue weighted by atomic mass is 35.5. The van der Waals surface area contributed by atoms with Gasteiger partial charge in [-0.25, -0.2) is 0 Å². The average Bonchev–Trinajstić information content (AvgIpc) is 1.96. The van der Waals surface area contributed by atoms with Crippen molar-refractivity contribution in [3.8, 4) is 0 Å². The Hall–Kier alpha value is -0.570. The van der Waals surface area contributed by atoms with Gasteiger partial charge in [-0.1, -0.05) is 29.3 Å². The predicted molar refractivity (Wildman–Crippen MR) is 71.3 cm³/mol. The Morgan fingerprint density at radius 3 is 2.19 bits per heavy atom. The van der Waals surface area contributed by atoms with Crippen molar-refractivity contribution in [2.24, 2.45) is 0 Å². The highest BCUT2D eigenvalue weighted by Crippen LogP contribution is 2.13. The zero-order valence-electron chi connectivity index (χ0n) is 10.3. The Balaban J connectivity index is 0.00000128. The van der Waals surface area contributed by atoms with Gasteiger partial charge in [0.05, 0.1) is 0 Å². The van der Waals surface area contributed by atoms with Crippen molar-refractivity contribution >= 4 is 12.4 Å². The number of halogens is 1. The summed E-state index contributed by atoms with van der Waals surface area (Å²) in [5, 5.41) is 3.31. The maximum absolute atomic E-state index is 3.31. The van der Waals surface area contributed by atoms with Crippen LogP contribution in [0.15, 0.2) is 18.2 Å². The monoisotopic (exact) mass is 240 g/mol. The topological polar surface area (TPSA) is 15.3 Å². The van der Waals surface area contributed by atoms with Gasteiger partial charge in [0.1, 0.15) is 0 Å². The smallest absolute Gasteiger partial charge is 0.0345 e. The van der Waals surface area contributed by atoms with Crippen LogP contribution in [0.5, 0.6) is 0 Å². The van der Waals surface area contributed by atoms with Crippen molar-refractivity contribution in [1.82, 2.24) is 10.2 Å². The summed E-state index contributed by atoms with van der Waals surface area (Å²) in [6.45, 7) is 7.68. The molecule has 2 nitrogen and oxygen atoms in total. The van der Waals surface area contributed by atoms with E-state index in [0.29, 0.717) is 0 Å². The molecule has 0 atom stereocenters. The van der Waals surface area contributed by atoms with E-state index in [1.54, 1.807) is 0 Å². The number of hydrogen-bond donors (Lipinski definition) is 1. The maximum Gasteiger partial charge on any atom is 0.0345 e. The third-order valence-corrected chi connectivity index (χ3v) is 3.10. The van der Waals surface area contributed by atoms with Gasteiger partial charge in [-0.15, -0.1) is 12.4 Å². The Kier molecular flexibility index (Phi) is 4.78. The highest BCUT2D eigenvalue weighted by Gasteiger charge is 2.21. The number of nitrogens with one attached hydrogen (secondary N) is 1. The fourth-order valence-electron chi connectivity index (χ4n) is 2.16. The van der Waals surface area contributed by atoms with Crippen LogP contribution in [0.25, 0.3) is 0 Å². The highest BCUT2D eigenvalue weighted by molar-refractivity contribution is 5.85. The number of hydrogen-bond acceptors (Lipinski definition) is 2. The zero-order chi connectivity index (χ0) is 10.8. The van der Waals surface area contributed by atoms with E-state index in [4.69, 9.17) is 0 Å². The summed E-state index contributed by atoms with van der Waals surface area (Å²) in [7, 11) is 2.21. The quantitative estimate of drug-likeness (QED) is 0.871. The first kappa shape index (κ1) is 13.5. The van der Waals surface area contributed by atoms with Crippen molar-refractivity contribution in [2.45, 2.75) is 26.4 Å². The lowest BCUT2D eigenvalue weighted by atomic mass is 10.1. The lowest BCUT2D eigenvalue weighted by Gasteiger charge is -2.35. The van der Waals surface area contributed by atoms with Crippen molar-refractivity contribution in [1.29, 1.82) is 0 Å². The van der Waals surface area contributed by atoms with Gasteiger partial charge < -0.3 is 5.32 Å². The van der Waals surface area contributed by atoms with E-state index in [2.05, 4.69) is 49.3 Å². The molecule has 1 fully saturated rings. The summed E-state index contributed by atoms with van der Waals surface area (Å²) in [6.07, 6.45) is 0. The normalized spacial score (nSPS) is 15.8. The van der Waals surface area contributed by atoms with Gasteiger partial charge in [-0.2, -0.15) is 0 Å². The van der Waals surface area contributed by atoms with Gasteiger partial charge in [-0.05, 0) is 26.5 Å². The molecule has 1 aliphatic rings. The molecular formula is C13H21ClN2. The molecule has 0 aliphatic carbocycles. The molecule has 2 rings (SSSR count). The van der Waals surface area contributed by atoms with E-state index in [9.17, 15) is 0 Å². The number of likely N-dealkylation sites (N-methyl/N-ethyl adjacent to an activating group) is 1. The van der Waals surface area contributed by atoms with Gasteiger partial charge >= 0.3 is 0 Å². The molecule has 1 heterocycles. The minimum atomic E-state index is 0. The van der Waals surface area contributed by atoms with Gasteiger partial charge in [0, 0.05) is 25.7 Å². The molecule has 3 heteroatoms. The van der Waals surface area contributed by atoms with Crippen LogP contribution in [0.2, 0.25) is 0 Å². The van der Waals surface area contributed by atoms with E-state index in [0.717, 1.165) is 25.7 Å². The van der Waals surface area contributed by atoms with Gasteiger partial charge in [-0.3, -0.25) is 4.90 Å². The Morgan fingerprint density at radius 2 is 1.75 bits per heavy atom. The second-order valence-corrected chi connectivity index (χ2v) is 4.72. The number of rotatable bonds is 3. The molecule has 16 heavy (non-hydrogen) atoms. The molecule has 0 unspecified atom stereocenters. The van der Waals surface area contributed by atoms with Crippen LogP contribution in [-0.4, -0.2) is 31.1 Å². The first-order chi connectivity index (χ1) is 7.15. The lowest BCUT2D eigenvalue weighted by molar-refractivity contribution is 0.173. The molecule has 1 saturated heterocycles. The molecule has 90 valence electrons. The molecule has 0 saturated carbocycles. The molecule has 1 aromatic carbocycles. The fourth-order valence-corrected chi connectivity index (χ4v) is 2.16. The summed E-state index contributed by atoms with van der Waals surface area (Å²) in [4.78, 5) is 2.44. The van der Waals surface area contributed by atoms with E-state index >= 15 is 0 Å². The van der Waals surface area contributed by atoms with Crippen molar-refractivity contribution in [3.63, 3.8) is 0 Å². The average molecular weight is 241 g/mol. The van der Waals surface area contributed by atoms with Gasteiger partial charge in [0.2, 0.25) is 0 Å². The van der Waals surface area contributed by atoms with Crippen LogP contribution in [0.4, 0.5) is 0 Å². The molecule has 0 radical (unpaired) electrons. The van der Waals surface area contributed by atoms with E-state index in [1.165, 1.54) is 16.7 Å². The third kappa shape index (κ3) is 3.21. The SMILES string of the molecule is Cc1cc(C)cc(CN(C)C2CNC2)c1.Cl. The van der Waals surface area contributed by atoms with Crippen LogP contribution in [-0.2, 0) is 6.54 Å². The predicted octanol–water partition coefficient (Wildman–Crippen LogP) is 2.13. The first-order valence-electron chi connectivity index (χ1n) is 5.63. The molecule has 0 spiro atoms. The van der Waals surface area contributed by atoms with Crippen LogP contribution < -0.4 is 5.32 Å². The van der Waals surface area contributed by atoms with Gasteiger partial charge in [0.15, 0.2) is 0 Å². The summed E-state index contributed by atoms with van der Waals surface area (Å²) in [5.41, 5.74) is 4.16.